The molecule has 0 N–H and O–H groups in total. The second kappa shape index (κ2) is 14.4. The Labute approximate surface area is 240 Å². The first-order valence-corrected chi connectivity index (χ1v) is 22.2. The van der Waals surface area contributed by atoms with Crippen molar-refractivity contribution < 1.29 is 21.8 Å². The van der Waals surface area contributed by atoms with Crippen molar-refractivity contribution in [2.75, 3.05) is 6.61 Å². The molecule has 1 saturated heterocycles. The van der Waals surface area contributed by atoms with E-state index in [4.69, 9.17) is 28.3 Å². The van der Waals surface area contributed by atoms with E-state index in [1.807, 2.05) is 0 Å². The van der Waals surface area contributed by atoms with Crippen molar-refractivity contribution >= 4 is 38.6 Å². The molecule has 2 nitrogen and oxygen atoms in total. The van der Waals surface area contributed by atoms with Gasteiger partial charge in [0.2, 0.25) is 0 Å². The molecule has 8 atom stereocenters. The first-order chi connectivity index (χ1) is 16.2. The van der Waals surface area contributed by atoms with Gasteiger partial charge in [0.25, 0.3) is 0 Å². The molecule has 0 aromatic heterocycles. The standard InChI is InChI=1S/C28H54NOSSi.2ClH.Ti/c1-20-21(2)26(25-24(20)22-16-12-13-17-23(22)31-25)32(9,29-27(3,4)5)19-15-11-10-14-18-30-28(6,7)8;;;/h20-26H,10-19H2,1-9H3;2*1H;/q-1;;;+2/p-2. The van der Waals surface area contributed by atoms with E-state index in [9.17, 15) is 0 Å². The van der Waals surface area contributed by atoms with Crippen LogP contribution in [0.1, 0.15) is 107 Å². The summed E-state index contributed by atoms with van der Waals surface area (Å²) in [4.78, 5) is 5.75. The number of thioether (sulfide) groups is 1. The second-order valence-corrected chi connectivity index (χ2v) is 21.9. The number of ether oxygens (including phenoxy) is 1. The van der Waals surface area contributed by atoms with E-state index in [2.05, 4.69) is 73.7 Å². The molecule has 0 aromatic rings. The van der Waals surface area contributed by atoms with Crippen LogP contribution in [0.25, 0.3) is 4.98 Å². The maximum absolute atomic E-state index is 5.93. The third-order valence-corrected chi connectivity index (χ3v) is 15.7. The predicted octanol–water partition coefficient (Wildman–Crippen LogP) is 10.4. The van der Waals surface area contributed by atoms with Crippen molar-refractivity contribution in [1.82, 2.24) is 0 Å². The van der Waals surface area contributed by atoms with Crippen LogP contribution in [0.4, 0.5) is 0 Å². The average Bonchev–Trinajstić information content (AvgIpc) is 3.20. The molecular formula is C28H54Cl2NOSSiTi-. The third kappa shape index (κ3) is 9.73. The van der Waals surface area contributed by atoms with Crippen LogP contribution in [0.5, 0.6) is 0 Å². The number of nitrogens with zero attached hydrogens (tertiary/aromatic N) is 1. The number of halogens is 2. The van der Waals surface area contributed by atoms with Gasteiger partial charge in [-0.05, 0) is 69.2 Å². The molecule has 1 heterocycles. The fraction of sp³-hybridized carbons (Fsp3) is 1.00. The summed E-state index contributed by atoms with van der Waals surface area (Å²) in [6.45, 7) is 22.3. The van der Waals surface area contributed by atoms with Gasteiger partial charge in [0.1, 0.15) is 0 Å². The van der Waals surface area contributed by atoms with E-state index in [-0.39, 0.29) is 11.1 Å². The Kier molecular flexibility index (Phi) is 13.6. The van der Waals surface area contributed by atoms with E-state index in [0.29, 0.717) is 0 Å². The van der Waals surface area contributed by atoms with Gasteiger partial charge in [-0.15, -0.1) is 5.54 Å². The molecule has 2 aliphatic carbocycles. The molecule has 0 spiro atoms. The molecule has 7 heteroatoms. The fourth-order valence-electron chi connectivity index (χ4n) is 7.56. The predicted molar refractivity (Wildman–Crippen MR) is 158 cm³/mol. The summed E-state index contributed by atoms with van der Waals surface area (Å²) in [5, 5.41) is 1.86. The third-order valence-electron chi connectivity index (χ3n) is 8.74. The Morgan fingerprint density at radius 3 is 2.14 bits per heavy atom. The number of rotatable bonds is 9. The second-order valence-electron chi connectivity index (χ2n) is 13.7. The molecule has 2 saturated carbocycles. The molecule has 206 valence electrons. The summed E-state index contributed by atoms with van der Waals surface area (Å²) in [5.74, 6) is 3.73. The molecule has 0 amide bonds. The van der Waals surface area contributed by atoms with Gasteiger partial charge in [-0.25, -0.2) is 0 Å². The Hall–Kier alpha value is 1.78. The fourth-order valence-corrected chi connectivity index (χ4v) is 16.4. The number of fused-ring (bicyclic) bond motifs is 3. The van der Waals surface area contributed by atoms with Crippen molar-refractivity contribution in [2.24, 2.45) is 23.7 Å². The quantitative estimate of drug-likeness (QED) is 0.194. The summed E-state index contributed by atoms with van der Waals surface area (Å²) < 4.78 is 5.93. The van der Waals surface area contributed by atoms with Gasteiger partial charge >= 0.3 is 35.6 Å². The Morgan fingerprint density at radius 1 is 0.943 bits per heavy atom. The maximum atomic E-state index is 5.93. The molecule has 3 fully saturated rings. The number of hydrogen-bond donors (Lipinski definition) is 0. The van der Waals surface area contributed by atoms with Gasteiger partial charge in [-0.3, -0.25) is 0 Å². The van der Waals surface area contributed by atoms with Crippen LogP contribution < -0.4 is 0 Å². The van der Waals surface area contributed by atoms with Crippen molar-refractivity contribution in [3.63, 3.8) is 0 Å². The van der Waals surface area contributed by atoms with Crippen LogP contribution in [0.2, 0.25) is 18.1 Å². The molecule has 0 aromatic carbocycles. The molecule has 3 rings (SSSR count). The van der Waals surface area contributed by atoms with Crippen LogP contribution in [0.3, 0.4) is 0 Å². The average molecular weight is 600 g/mol. The van der Waals surface area contributed by atoms with Gasteiger partial charge in [-0.1, -0.05) is 87.5 Å². The van der Waals surface area contributed by atoms with E-state index in [0.717, 1.165) is 46.3 Å². The SMILES string of the molecule is CC1C(C)C([Si](C)(CCCCCCOC(C)(C)C)[N-]C(C)(C)C)C2SC3CCCCC3C12.[Cl][Ti][Cl]. The van der Waals surface area contributed by atoms with Gasteiger partial charge in [-0.2, -0.15) is 11.8 Å². The zero-order chi connectivity index (χ0) is 26.4. The van der Waals surface area contributed by atoms with Crippen LogP contribution in [0, 0.1) is 23.7 Å². The first-order valence-electron chi connectivity index (χ1n) is 14.2. The summed E-state index contributed by atoms with van der Waals surface area (Å²) in [6.07, 6.45) is 11.2. The molecule has 1 aliphatic heterocycles. The van der Waals surface area contributed by atoms with Gasteiger partial charge in [0.15, 0.2) is 0 Å². The van der Waals surface area contributed by atoms with Crippen LogP contribution in [-0.2, 0) is 21.8 Å². The summed E-state index contributed by atoms with van der Waals surface area (Å²) >= 11 is 1.89. The summed E-state index contributed by atoms with van der Waals surface area (Å²) in [5.41, 5.74) is 0.971. The molecule has 3 aliphatic rings. The normalized spacial score (nSPS) is 34.4. The zero-order valence-corrected chi connectivity index (χ0v) is 29.0. The topological polar surface area (TPSA) is 23.3 Å². The minimum atomic E-state index is -1.73. The Bertz CT molecular complexity index is 631. The van der Waals surface area contributed by atoms with Crippen LogP contribution in [0.15, 0.2) is 0 Å². The van der Waals surface area contributed by atoms with Gasteiger partial charge in [0, 0.05) is 17.1 Å². The first kappa shape index (κ1) is 33.0. The van der Waals surface area contributed by atoms with Crippen molar-refractivity contribution in [2.45, 2.75) is 147 Å². The van der Waals surface area contributed by atoms with Crippen molar-refractivity contribution in [1.29, 1.82) is 0 Å². The van der Waals surface area contributed by atoms with Gasteiger partial charge in [0.05, 0.1) is 5.60 Å². The molecule has 0 radical (unpaired) electrons. The zero-order valence-electron chi connectivity index (χ0n) is 24.1. The van der Waals surface area contributed by atoms with E-state index < -0.39 is 25.3 Å². The van der Waals surface area contributed by atoms with Gasteiger partial charge < -0.3 is 9.72 Å². The van der Waals surface area contributed by atoms with E-state index >= 15 is 0 Å². The summed E-state index contributed by atoms with van der Waals surface area (Å²) in [6, 6.07) is 1.39. The Morgan fingerprint density at radius 2 is 1.54 bits per heavy atom. The van der Waals surface area contributed by atoms with E-state index in [1.165, 1.54) is 57.4 Å². The molecule has 35 heavy (non-hydrogen) atoms. The minimum absolute atomic E-state index is 0.000947. The molecule has 8 unspecified atom stereocenters. The van der Waals surface area contributed by atoms with Crippen molar-refractivity contribution in [3.05, 3.63) is 4.98 Å². The number of unbranched alkanes of at least 4 members (excludes halogenated alkanes) is 3. The monoisotopic (exact) mass is 598 g/mol. The number of hydrogen-bond acceptors (Lipinski definition) is 2. The molecular weight excluding hydrogens is 545 g/mol. The van der Waals surface area contributed by atoms with Crippen LogP contribution in [-0.4, -0.2) is 36.5 Å². The van der Waals surface area contributed by atoms with Crippen molar-refractivity contribution in [3.8, 4) is 0 Å². The molecule has 0 bridgehead atoms. The Balaban J connectivity index is 0.00000137. The van der Waals surface area contributed by atoms with Crippen LogP contribution >= 0.6 is 30.4 Å². The van der Waals surface area contributed by atoms with E-state index in [1.54, 1.807) is 0 Å². The summed E-state index contributed by atoms with van der Waals surface area (Å²) in [7, 11) is 8.05.